The van der Waals surface area contributed by atoms with Crippen molar-refractivity contribution in [3.05, 3.63) is 0 Å². The van der Waals surface area contributed by atoms with E-state index in [2.05, 4.69) is 0 Å². The SMILES string of the molecule is CN(C)C(=S)OCC1CCCCC1=O. The van der Waals surface area contributed by atoms with E-state index in [1.165, 1.54) is 0 Å². The summed E-state index contributed by atoms with van der Waals surface area (Å²) < 4.78 is 5.35. The molecule has 1 aliphatic rings. The molecule has 0 amide bonds. The molecule has 0 saturated heterocycles. The highest BCUT2D eigenvalue weighted by Crippen LogP contribution is 2.20. The van der Waals surface area contributed by atoms with Crippen LogP contribution in [0.3, 0.4) is 0 Å². The number of rotatable bonds is 2. The van der Waals surface area contributed by atoms with E-state index in [0.717, 1.165) is 19.3 Å². The smallest absolute Gasteiger partial charge is 0.258 e. The van der Waals surface area contributed by atoms with Gasteiger partial charge < -0.3 is 9.64 Å². The Morgan fingerprint density at radius 2 is 2.29 bits per heavy atom. The van der Waals surface area contributed by atoms with E-state index in [-0.39, 0.29) is 5.92 Å². The highest BCUT2D eigenvalue weighted by Gasteiger charge is 2.23. The molecule has 1 aliphatic carbocycles. The molecule has 1 saturated carbocycles. The summed E-state index contributed by atoms with van der Waals surface area (Å²) in [5.74, 6) is 0.402. The summed E-state index contributed by atoms with van der Waals surface area (Å²) in [6.45, 7) is 0.454. The fourth-order valence-electron chi connectivity index (χ4n) is 1.53. The predicted octanol–water partition coefficient (Wildman–Crippen LogP) is 1.61. The largest absolute Gasteiger partial charge is 0.470 e. The van der Waals surface area contributed by atoms with Crippen LogP contribution in [0, 0.1) is 5.92 Å². The monoisotopic (exact) mass is 215 g/mol. The molecule has 0 aromatic carbocycles. The molecule has 0 aliphatic heterocycles. The molecule has 80 valence electrons. The molecule has 3 nitrogen and oxygen atoms in total. The van der Waals surface area contributed by atoms with Crippen molar-refractivity contribution in [1.29, 1.82) is 0 Å². The standard InChI is InChI=1S/C10H17NO2S/c1-11(2)10(14)13-7-8-5-3-4-6-9(8)12/h8H,3-7H2,1-2H3. The van der Waals surface area contributed by atoms with Gasteiger partial charge in [0.05, 0.1) is 5.92 Å². The van der Waals surface area contributed by atoms with Gasteiger partial charge in [-0.25, -0.2) is 0 Å². The van der Waals surface area contributed by atoms with Crippen LogP contribution in [0.2, 0.25) is 0 Å². The lowest BCUT2D eigenvalue weighted by atomic mass is 9.89. The molecule has 4 heteroatoms. The highest BCUT2D eigenvalue weighted by molar-refractivity contribution is 7.80. The number of ether oxygens (including phenoxy) is 1. The number of ketones is 1. The summed E-state index contributed by atoms with van der Waals surface area (Å²) in [4.78, 5) is 13.2. The molecule has 0 spiro atoms. The quantitative estimate of drug-likeness (QED) is 0.655. The Morgan fingerprint density at radius 1 is 1.57 bits per heavy atom. The second kappa shape index (κ2) is 5.29. The molecule has 0 heterocycles. The van der Waals surface area contributed by atoms with Gasteiger partial charge in [-0.15, -0.1) is 0 Å². The zero-order valence-electron chi connectivity index (χ0n) is 8.78. The summed E-state index contributed by atoms with van der Waals surface area (Å²) in [6, 6.07) is 0. The first-order valence-electron chi connectivity index (χ1n) is 4.98. The number of carbonyl (C=O) groups is 1. The molecule has 0 N–H and O–H groups in total. The molecular weight excluding hydrogens is 198 g/mol. The predicted molar refractivity (Wildman–Crippen MR) is 59.2 cm³/mol. The maximum Gasteiger partial charge on any atom is 0.258 e. The maximum atomic E-state index is 11.4. The Hall–Kier alpha value is -0.640. The van der Waals surface area contributed by atoms with Gasteiger partial charge in [-0.3, -0.25) is 4.79 Å². The lowest BCUT2D eigenvalue weighted by molar-refractivity contribution is -0.125. The van der Waals surface area contributed by atoms with Crippen molar-refractivity contribution in [3.8, 4) is 0 Å². The summed E-state index contributed by atoms with van der Waals surface area (Å²) in [5, 5.41) is 0.461. The van der Waals surface area contributed by atoms with Crippen LogP contribution in [-0.2, 0) is 9.53 Å². The molecule has 1 unspecified atom stereocenters. The number of thiocarbonyl (C=S) groups is 1. The van der Waals surface area contributed by atoms with E-state index in [9.17, 15) is 4.79 Å². The minimum absolute atomic E-state index is 0.0710. The molecule has 0 aromatic rings. The lowest BCUT2D eigenvalue weighted by Gasteiger charge is -2.22. The van der Waals surface area contributed by atoms with Crippen LogP contribution in [0.1, 0.15) is 25.7 Å². The van der Waals surface area contributed by atoms with Gasteiger partial charge in [-0.2, -0.15) is 0 Å². The fraction of sp³-hybridized carbons (Fsp3) is 0.800. The Kier molecular flexibility index (Phi) is 4.32. The molecule has 0 bridgehead atoms. The van der Waals surface area contributed by atoms with Crippen molar-refractivity contribution in [3.63, 3.8) is 0 Å². The van der Waals surface area contributed by atoms with Crippen molar-refractivity contribution in [2.45, 2.75) is 25.7 Å². The van der Waals surface area contributed by atoms with Gasteiger partial charge >= 0.3 is 0 Å². The molecule has 0 aromatic heterocycles. The van der Waals surface area contributed by atoms with Crippen molar-refractivity contribution in [2.75, 3.05) is 20.7 Å². The summed E-state index contributed by atoms with van der Waals surface area (Å²) in [7, 11) is 3.68. The maximum absolute atomic E-state index is 11.4. The lowest BCUT2D eigenvalue weighted by Crippen LogP contribution is -2.29. The third-order valence-corrected chi connectivity index (χ3v) is 2.94. The van der Waals surface area contributed by atoms with Crippen LogP contribution in [0.5, 0.6) is 0 Å². The Bertz CT molecular complexity index is 228. The van der Waals surface area contributed by atoms with E-state index in [4.69, 9.17) is 17.0 Å². The molecule has 1 fully saturated rings. The van der Waals surface area contributed by atoms with E-state index >= 15 is 0 Å². The zero-order chi connectivity index (χ0) is 10.6. The van der Waals surface area contributed by atoms with Gasteiger partial charge in [0.25, 0.3) is 5.17 Å². The third-order valence-electron chi connectivity index (χ3n) is 2.45. The summed E-state index contributed by atoms with van der Waals surface area (Å²) in [6.07, 6.45) is 3.83. The van der Waals surface area contributed by atoms with Gasteiger partial charge in [-0.1, -0.05) is 6.42 Å². The van der Waals surface area contributed by atoms with E-state index < -0.39 is 0 Å². The Labute approximate surface area is 90.4 Å². The van der Waals surface area contributed by atoms with Crippen molar-refractivity contribution in [1.82, 2.24) is 4.90 Å². The van der Waals surface area contributed by atoms with Crippen molar-refractivity contribution < 1.29 is 9.53 Å². The average molecular weight is 215 g/mol. The summed E-state index contributed by atoms with van der Waals surface area (Å²) >= 11 is 4.98. The van der Waals surface area contributed by atoms with Crippen molar-refractivity contribution in [2.24, 2.45) is 5.92 Å². The second-order valence-corrected chi connectivity index (χ2v) is 4.23. The third kappa shape index (κ3) is 3.25. The van der Waals surface area contributed by atoms with Gasteiger partial charge in [0.2, 0.25) is 0 Å². The van der Waals surface area contributed by atoms with Crippen LogP contribution in [-0.4, -0.2) is 36.6 Å². The van der Waals surface area contributed by atoms with Gasteiger partial charge in [0, 0.05) is 20.5 Å². The minimum Gasteiger partial charge on any atom is -0.470 e. The van der Waals surface area contributed by atoms with Gasteiger partial charge in [0.15, 0.2) is 0 Å². The van der Waals surface area contributed by atoms with Crippen LogP contribution >= 0.6 is 12.2 Å². The number of hydrogen-bond donors (Lipinski definition) is 0. The van der Waals surface area contributed by atoms with Crippen LogP contribution in [0.4, 0.5) is 0 Å². The van der Waals surface area contributed by atoms with Crippen molar-refractivity contribution >= 4 is 23.2 Å². The highest BCUT2D eigenvalue weighted by atomic mass is 32.1. The number of nitrogens with zero attached hydrogens (tertiary/aromatic N) is 1. The zero-order valence-corrected chi connectivity index (χ0v) is 9.60. The van der Waals surface area contributed by atoms with E-state index in [1.807, 2.05) is 14.1 Å². The summed E-state index contributed by atoms with van der Waals surface area (Å²) in [5.41, 5.74) is 0. The van der Waals surface area contributed by atoms with Crippen LogP contribution < -0.4 is 0 Å². The number of hydrogen-bond acceptors (Lipinski definition) is 3. The number of carbonyl (C=O) groups excluding carboxylic acids is 1. The Morgan fingerprint density at radius 3 is 2.86 bits per heavy atom. The first-order chi connectivity index (χ1) is 6.61. The second-order valence-electron chi connectivity index (χ2n) is 3.88. The fourth-order valence-corrected chi connectivity index (χ4v) is 1.60. The number of Topliss-reactive ketones (excluding diaryl/α,β-unsaturated/α-hetero) is 1. The van der Waals surface area contributed by atoms with Crippen LogP contribution in [0.25, 0.3) is 0 Å². The van der Waals surface area contributed by atoms with Gasteiger partial charge in [-0.05, 0) is 25.1 Å². The molecule has 1 atom stereocenters. The first kappa shape index (κ1) is 11.4. The van der Waals surface area contributed by atoms with Crippen LogP contribution in [0.15, 0.2) is 0 Å². The normalized spacial score (nSPS) is 21.9. The van der Waals surface area contributed by atoms with E-state index in [0.29, 0.717) is 24.0 Å². The molecular formula is C10H17NO2S. The van der Waals surface area contributed by atoms with E-state index in [1.54, 1.807) is 4.90 Å². The van der Waals surface area contributed by atoms with Gasteiger partial charge in [0.1, 0.15) is 12.4 Å². The Balaban J connectivity index is 2.29. The molecule has 14 heavy (non-hydrogen) atoms. The topological polar surface area (TPSA) is 29.5 Å². The molecule has 1 rings (SSSR count). The first-order valence-corrected chi connectivity index (χ1v) is 5.39. The minimum atomic E-state index is 0.0710. The average Bonchev–Trinajstić information content (AvgIpc) is 2.16. The molecule has 0 radical (unpaired) electrons.